The van der Waals surface area contributed by atoms with Crippen molar-refractivity contribution in [3.8, 4) is 17.3 Å². The SMILES string of the molecule is N#Cc1cccc(F)c1-c1ccc2c([C@H](NS(=O)(=O)C3CCC3)C(F)(F)F)cn(C3CCOCC3)c2n1. The fraction of sp³-hybridized carbons (Fsp3) is 0.440. The Balaban J connectivity index is 1.69. The van der Waals surface area contributed by atoms with Gasteiger partial charge in [-0.3, -0.25) is 0 Å². The Bertz CT molecular complexity index is 1470. The molecule has 5 rings (SSSR count). The molecule has 1 aromatic carbocycles. The van der Waals surface area contributed by atoms with Gasteiger partial charge in [-0.25, -0.2) is 17.8 Å². The van der Waals surface area contributed by atoms with Crippen LogP contribution < -0.4 is 4.72 Å². The Labute approximate surface area is 211 Å². The summed E-state index contributed by atoms with van der Waals surface area (Å²) in [4.78, 5) is 4.52. The average molecular weight is 537 g/mol. The topological polar surface area (TPSA) is 97.0 Å². The molecule has 3 heterocycles. The van der Waals surface area contributed by atoms with Gasteiger partial charge in [-0.1, -0.05) is 12.5 Å². The van der Waals surface area contributed by atoms with Crippen LogP contribution in [0.5, 0.6) is 0 Å². The van der Waals surface area contributed by atoms with Crippen LogP contribution in [-0.2, 0) is 14.8 Å². The van der Waals surface area contributed by atoms with Crippen LogP contribution in [0.4, 0.5) is 17.6 Å². The number of nitrogens with one attached hydrogen (secondary N) is 1. The van der Waals surface area contributed by atoms with Gasteiger partial charge < -0.3 is 9.30 Å². The third kappa shape index (κ3) is 4.83. The lowest BCUT2D eigenvalue weighted by atomic mass is 10.0. The molecule has 2 aromatic heterocycles. The van der Waals surface area contributed by atoms with E-state index in [4.69, 9.17) is 4.74 Å². The van der Waals surface area contributed by atoms with E-state index in [-0.39, 0.29) is 39.5 Å². The van der Waals surface area contributed by atoms with Crippen molar-refractivity contribution in [3.63, 3.8) is 0 Å². The zero-order chi connectivity index (χ0) is 26.4. The first-order chi connectivity index (χ1) is 17.6. The summed E-state index contributed by atoms with van der Waals surface area (Å²) >= 11 is 0. The Morgan fingerprint density at radius 1 is 1.14 bits per heavy atom. The van der Waals surface area contributed by atoms with Gasteiger partial charge >= 0.3 is 6.18 Å². The van der Waals surface area contributed by atoms with Gasteiger partial charge in [-0.2, -0.15) is 23.2 Å². The van der Waals surface area contributed by atoms with Crippen LogP contribution >= 0.6 is 0 Å². The summed E-state index contributed by atoms with van der Waals surface area (Å²) in [5.41, 5.74) is -0.0313. The first-order valence-electron chi connectivity index (χ1n) is 12.0. The predicted octanol–water partition coefficient (Wildman–Crippen LogP) is 5.14. The number of nitrogens with zero attached hydrogens (tertiary/aromatic N) is 3. The smallest absolute Gasteiger partial charge is 0.381 e. The maximum atomic E-state index is 14.7. The maximum absolute atomic E-state index is 14.7. The van der Waals surface area contributed by atoms with Crippen LogP contribution in [-0.4, -0.2) is 42.6 Å². The van der Waals surface area contributed by atoms with E-state index in [0.29, 0.717) is 45.3 Å². The summed E-state index contributed by atoms with van der Waals surface area (Å²) in [5, 5.41) is 8.72. The molecule has 37 heavy (non-hydrogen) atoms. The summed E-state index contributed by atoms with van der Waals surface area (Å²) < 4.78 is 92.1. The van der Waals surface area contributed by atoms with Gasteiger partial charge in [0.1, 0.15) is 17.5 Å². The lowest BCUT2D eigenvalue weighted by Crippen LogP contribution is -2.44. The van der Waals surface area contributed by atoms with Crippen molar-refractivity contribution in [1.82, 2.24) is 14.3 Å². The monoisotopic (exact) mass is 536 g/mol. The van der Waals surface area contributed by atoms with Crippen LogP contribution in [0, 0.1) is 17.1 Å². The molecule has 1 aliphatic heterocycles. The number of sulfonamides is 1. The number of nitriles is 1. The van der Waals surface area contributed by atoms with Crippen LogP contribution in [0.2, 0.25) is 0 Å². The minimum absolute atomic E-state index is 0.0395. The van der Waals surface area contributed by atoms with Crippen molar-refractivity contribution in [2.75, 3.05) is 13.2 Å². The molecule has 2 fully saturated rings. The molecule has 0 radical (unpaired) electrons. The highest BCUT2D eigenvalue weighted by Gasteiger charge is 2.47. The number of ether oxygens (including phenoxy) is 1. The normalized spacial score (nSPS) is 18.5. The molecule has 7 nitrogen and oxygen atoms in total. The predicted molar refractivity (Wildman–Crippen MR) is 127 cm³/mol. The number of alkyl halides is 3. The zero-order valence-corrected chi connectivity index (χ0v) is 20.4. The van der Waals surface area contributed by atoms with Gasteiger partial charge in [0.05, 0.1) is 28.1 Å². The fourth-order valence-electron chi connectivity index (χ4n) is 4.89. The van der Waals surface area contributed by atoms with Gasteiger partial charge in [-0.05, 0) is 49.9 Å². The van der Waals surface area contributed by atoms with Gasteiger partial charge in [0.2, 0.25) is 10.0 Å². The van der Waals surface area contributed by atoms with Gasteiger partial charge in [0.25, 0.3) is 0 Å². The van der Waals surface area contributed by atoms with Gasteiger partial charge in [-0.15, -0.1) is 0 Å². The third-order valence-electron chi connectivity index (χ3n) is 7.09. The first kappa shape index (κ1) is 25.6. The van der Waals surface area contributed by atoms with E-state index in [1.54, 1.807) is 4.57 Å². The van der Waals surface area contributed by atoms with Crippen LogP contribution in [0.3, 0.4) is 0 Å². The molecule has 1 aliphatic carbocycles. The largest absolute Gasteiger partial charge is 0.408 e. The molecular formula is C25H24F4N4O3S. The Morgan fingerprint density at radius 2 is 1.86 bits per heavy atom. The number of fused-ring (bicyclic) bond motifs is 1. The molecular weight excluding hydrogens is 512 g/mol. The first-order valence-corrected chi connectivity index (χ1v) is 13.5. The molecule has 1 saturated carbocycles. The summed E-state index contributed by atoms with van der Waals surface area (Å²) in [7, 11) is -4.21. The highest BCUT2D eigenvalue weighted by Crippen LogP contribution is 2.41. The van der Waals surface area contributed by atoms with Gasteiger partial charge in [0.15, 0.2) is 0 Å². The van der Waals surface area contributed by atoms with Crippen molar-refractivity contribution in [2.24, 2.45) is 0 Å². The van der Waals surface area contributed by atoms with Crippen molar-refractivity contribution >= 4 is 21.1 Å². The minimum atomic E-state index is -4.91. The molecule has 1 saturated heterocycles. The number of hydrogen-bond donors (Lipinski definition) is 1. The minimum Gasteiger partial charge on any atom is -0.381 e. The second kappa shape index (κ2) is 9.70. The number of pyridine rings is 1. The van der Waals surface area contributed by atoms with Crippen molar-refractivity contribution < 1.29 is 30.7 Å². The van der Waals surface area contributed by atoms with Crippen LogP contribution in [0.25, 0.3) is 22.3 Å². The summed E-state index contributed by atoms with van der Waals surface area (Å²) in [5.74, 6) is -0.684. The molecule has 0 amide bonds. The van der Waals surface area contributed by atoms with E-state index in [1.807, 2.05) is 10.8 Å². The standard InChI is InChI=1S/C25H24F4N4O3S/c26-20-6-1-3-15(13-30)22(20)21-8-7-18-19(14-33(24(18)31-21)16-9-11-36-12-10-16)23(25(27,28)29)32-37(34,35)17-4-2-5-17/h1,3,6-8,14,16-17,23,32H,2,4-5,9-12H2/t23-/m0/s1. The molecule has 196 valence electrons. The summed E-state index contributed by atoms with van der Waals surface area (Å²) in [6.45, 7) is 0.810. The Hall–Kier alpha value is -3.01. The molecule has 0 spiro atoms. The number of halogens is 4. The van der Waals surface area contributed by atoms with Crippen molar-refractivity contribution in [3.05, 3.63) is 53.5 Å². The highest BCUT2D eigenvalue weighted by molar-refractivity contribution is 7.90. The molecule has 1 atom stereocenters. The van der Waals surface area contributed by atoms with Crippen molar-refractivity contribution in [2.45, 2.75) is 55.6 Å². The lowest BCUT2D eigenvalue weighted by Gasteiger charge is -2.29. The molecule has 3 aromatic rings. The second-order valence-corrected chi connectivity index (χ2v) is 11.4. The van der Waals surface area contributed by atoms with E-state index in [1.165, 1.54) is 36.5 Å². The molecule has 12 heteroatoms. The third-order valence-corrected chi connectivity index (χ3v) is 9.01. The quantitative estimate of drug-likeness (QED) is 0.440. The maximum Gasteiger partial charge on any atom is 0.408 e. The molecule has 0 bridgehead atoms. The van der Waals surface area contributed by atoms with E-state index in [0.717, 1.165) is 0 Å². The van der Waals surface area contributed by atoms with E-state index in [2.05, 4.69) is 4.98 Å². The number of aromatic nitrogens is 2. The highest BCUT2D eigenvalue weighted by atomic mass is 32.2. The van der Waals surface area contributed by atoms with E-state index < -0.39 is 33.3 Å². The van der Waals surface area contributed by atoms with E-state index in [9.17, 15) is 31.2 Å². The average Bonchev–Trinajstić information content (AvgIpc) is 3.19. The molecule has 2 aliphatic rings. The number of rotatable bonds is 6. The summed E-state index contributed by atoms with van der Waals surface area (Å²) in [6, 6.07) is 5.94. The lowest BCUT2D eigenvalue weighted by molar-refractivity contribution is -0.152. The Morgan fingerprint density at radius 3 is 2.49 bits per heavy atom. The summed E-state index contributed by atoms with van der Waals surface area (Å²) in [6.07, 6.45) is -1.30. The van der Waals surface area contributed by atoms with Gasteiger partial charge in [0, 0.05) is 36.4 Å². The molecule has 0 unspecified atom stereocenters. The van der Waals surface area contributed by atoms with E-state index >= 15 is 0 Å². The number of hydrogen-bond acceptors (Lipinski definition) is 5. The zero-order valence-electron chi connectivity index (χ0n) is 19.6. The van der Waals surface area contributed by atoms with Crippen LogP contribution in [0.15, 0.2) is 36.5 Å². The van der Waals surface area contributed by atoms with Crippen molar-refractivity contribution in [1.29, 1.82) is 5.26 Å². The fourth-order valence-corrected chi connectivity index (χ4v) is 6.62. The second-order valence-electron chi connectivity index (χ2n) is 9.37. The Kier molecular flexibility index (Phi) is 6.72. The van der Waals surface area contributed by atoms with Crippen LogP contribution in [0.1, 0.15) is 55.3 Å². The molecule has 1 N–H and O–H groups in total. The number of benzene rings is 1.